The first-order valence-electron chi connectivity index (χ1n) is 9.98. The van der Waals surface area contributed by atoms with Crippen LogP contribution in [-0.2, 0) is 15.8 Å². The number of benzene rings is 1. The lowest BCUT2D eigenvalue weighted by Gasteiger charge is -2.16. The Morgan fingerprint density at radius 2 is 1.94 bits per heavy atom. The SMILES string of the molecule is Cc1cc(OP(=O)(O)O)cc(CNc2ncnc3c2ncn3[C@@H]2O[C@H](CO)[C@@H](O)[C@H]2O)c1C. The number of imidazole rings is 1. The quantitative estimate of drug-likeness (QED) is 0.250. The van der Waals surface area contributed by atoms with E-state index in [1.807, 2.05) is 6.92 Å². The van der Waals surface area contributed by atoms with E-state index in [2.05, 4.69) is 20.3 Å². The molecular formula is C19H24N5O8P. The van der Waals surface area contributed by atoms with Crippen molar-refractivity contribution in [1.82, 2.24) is 19.5 Å². The van der Waals surface area contributed by atoms with Crippen molar-refractivity contribution in [1.29, 1.82) is 0 Å². The molecule has 1 aliphatic rings. The van der Waals surface area contributed by atoms with Gasteiger partial charge in [0.2, 0.25) is 0 Å². The monoisotopic (exact) mass is 481 g/mol. The van der Waals surface area contributed by atoms with Crippen LogP contribution in [0.4, 0.5) is 5.82 Å². The van der Waals surface area contributed by atoms with E-state index in [0.29, 0.717) is 17.0 Å². The third kappa shape index (κ3) is 4.70. The maximum atomic E-state index is 11.2. The number of rotatable bonds is 7. The fraction of sp³-hybridized carbons (Fsp3) is 0.421. The van der Waals surface area contributed by atoms with Crippen LogP contribution in [0.3, 0.4) is 0 Å². The number of anilines is 1. The fourth-order valence-corrected chi connectivity index (χ4v) is 4.11. The molecule has 0 amide bonds. The summed E-state index contributed by atoms with van der Waals surface area (Å²) >= 11 is 0. The second kappa shape index (κ2) is 8.95. The molecule has 1 aromatic carbocycles. The van der Waals surface area contributed by atoms with Gasteiger partial charge in [0, 0.05) is 6.54 Å². The predicted molar refractivity (Wildman–Crippen MR) is 114 cm³/mol. The maximum Gasteiger partial charge on any atom is 0.524 e. The van der Waals surface area contributed by atoms with Crippen molar-refractivity contribution >= 4 is 24.8 Å². The Hall–Kier alpha value is -2.64. The summed E-state index contributed by atoms with van der Waals surface area (Å²) in [4.78, 5) is 30.9. The number of nitrogens with zero attached hydrogens (tertiary/aromatic N) is 4. The Balaban J connectivity index is 1.60. The van der Waals surface area contributed by atoms with Crippen molar-refractivity contribution in [3.05, 3.63) is 41.5 Å². The lowest BCUT2D eigenvalue weighted by atomic mass is 10.0. The molecule has 33 heavy (non-hydrogen) atoms. The average molecular weight is 481 g/mol. The van der Waals surface area contributed by atoms with Crippen LogP contribution in [0.15, 0.2) is 24.8 Å². The summed E-state index contributed by atoms with van der Waals surface area (Å²) in [5.41, 5.74) is 3.15. The highest BCUT2D eigenvalue weighted by Gasteiger charge is 2.44. The third-order valence-corrected chi connectivity index (χ3v) is 6.02. The van der Waals surface area contributed by atoms with Gasteiger partial charge in [0.1, 0.15) is 30.4 Å². The van der Waals surface area contributed by atoms with E-state index in [9.17, 15) is 19.9 Å². The second-order valence-corrected chi connectivity index (χ2v) is 8.90. The van der Waals surface area contributed by atoms with Crippen LogP contribution in [0.2, 0.25) is 0 Å². The van der Waals surface area contributed by atoms with Gasteiger partial charge in [-0.3, -0.25) is 14.4 Å². The molecule has 1 fully saturated rings. The molecule has 0 spiro atoms. The number of fused-ring (bicyclic) bond motifs is 1. The maximum absolute atomic E-state index is 11.2. The number of phosphoric acid groups is 1. The molecular weight excluding hydrogens is 457 g/mol. The normalized spacial score (nSPS) is 23.2. The van der Waals surface area contributed by atoms with Crippen molar-refractivity contribution in [2.45, 2.75) is 44.9 Å². The number of aliphatic hydroxyl groups is 3. The highest BCUT2D eigenvalue weighted by Crippen LogP contribution is 2.39. The topological polar surface area (TPSA) is 192 Å². The van der Waals surface area contributed by atoms with E-state index in [0.717, 1.165) is 16.7 Å². The zero-order valence-corrected chi connectivity index (χ0v) is 18.6. The lowest BCUT2D eigenvalue weighted by Crippen LogP contribution is -2.33. The van der Waals surface area contributed by atoms with E-state index in [-0.39, 0.29) is 12.3 Å². The molecule has 0 bridgehead atoms. The van der Waals surface area contributed by atoms with Crippen molar-refractivity contribution in [3.63, 3.8) is 0 Å². The van der Waals surface area contributed by atoms with Gasteiger partial charge in [0.15, 0.2) is 23.2 Å². The van der Waals surface area contributed by atoms with E-state index in [1.54, 1.807) is 13.0 Å². The highest BCUT2D eigenvalue weighted by molar-refractivity contribution is 7.46. The van der Waals surface area contributed by atoms with Crippen LogP contribution < -0.4 is 9.84 Å². The Morgan fingerprint density at radius 1 is 1.18 bits per heavy atom. The number of phosphoric ester groups is 1. The molecule has 14 heteroatoms. The summed E-state index contributed by atoms with van der Waals surface area (Å²) in [6.45, 7) is 3.47. The Bertz CT molecular complexity index is 1210. The summed E-state index contributed by atoms with van der Waals surface area (Å²) in [5, 5.41) is 32.8. The van der Waals surface area contributed by atoms with Gasteiger partial charge in [0.05, 0.1) is 12.9 Å². The number of nitrogens with one attached hydrogen (secondary N) is 1. The van der Waals surface area contributed by atoms with Gasteiger partial charge in [-0.05, 0) is 42.7 Å². The molecule has 3 aromatic rings. The first-order chi connectivity index (χ1) is 15.6. The molecule has 1 saturated heterocycles. The lowest BCUT2D eigenvalue weighted by molar-refractivity contribution is -0.0511. The zero-order valence-electron chi connectivity index (χ0n) is 17.7. The van der Waals surface area contributed by atoms with Crippen molar-refractivity contribution in [3.8, 4) is 5.75 Å². The minimum atomic E-state index is -4.70. The van der Waals surface area contributed by atoms with Gasteiger partial charge in [0.25, 0.3) is 0 Å². The number of hydrogen-bond donors (Lipinski definition) is 6. The molecule has 0 saturated carbocycles. The van der Waals surface area contributed by atoms with Crippen LogP contribution in [-0.4, -0.2) is 69.5 Å². The molecule has 178 valence electrons. The molecule has 0 unspecified atom stereocenters. The van der Waals surface area contributed by atoms with E-state index >= 15 is 0 Å². The van der Waals surface area contributed by atoms with Gasteiger partial charge < -0.3 is 29.9 Å². The first-order valence-corrected chi connectivity index (χ1v) is 11.5. The summed E-state index contributed by atoms with van der Waals surface area (Å²) in [7, 11) is -4.70. The number of ether oxygens (including phenoxy) is 1. The number of hydrogen-bond acceptors (Lipinski definition) is 10. The van der Waals surface area contributed by atoms with Crippen LogP contribution >= 0.6 is 7.82 Å². The second-order valence-electron chi connectivity index (χ2n) is 7.73. The van der Waals surface area contributed by atoms with Crippen molar-refractivity contribution in [2.75, 3.05) is 11.9 Å². The Morgan fingerprint density at radius 3 is 2.61 bits per heavy atom. The van der Waals surface area contributed by atoms with E-state index < -0.39 is 39.0 Å². The molecule has 3 heterocycles. The molecule has 2 aromatic heterocycles. The number of aromatic nitrogens is 4. The Kier molecular flexibility index (Phi) is 6.38. The first kappa shape index (κ1) is 23.5. The molecule has 1 aliphatic heterocycles. The molecule has 13 nitrogen and oxygen atoms in total. The third-order valence-electron chi connectivity index (χ3n) is 5.57. The van der Waals surface area contributed by atoms with Crippen LogP contribution in [0.1, 0.15) is 22.9 Å². The summed E-state index contributed by atoms with van der Waals surface area (Å²) < 4.78 is 22.9. The van der Waals surface area contributed by atoms with E-state index in [1.165, 1.54) is 23.3 Å². The van der Waals surface area contributed by atoms with Crippen LogP contribution in [0.5, 0.6) is 5.75 Å². The van der Waals surface area contributed by atoms with Gasteiger partial charge in [-0.15, -0.1) is 0 Å². The standard InChI is InChI=1S/C19H24N5O8P/c1-9-3-12(32-33(28,29)30)4-11(10(9)2)5-20-17-14-18(22-7-21-17)24(8-23-14)19-16(27)15(26)13(6-25)31-19/h3-4,7-8,13,15-16,19,25-27H,5-6H2,1-2H3,(H,20,21,22)(H2,28,29,30)/t13-,15-,16-,19-/m1/s1. The minimum Gasteiger partial charge on any atom is -0.404 e. The summed E-state index contributed by atoms with van der Waals surface area (Å²) in [5.74, 6) is 0.425. The highest BCUT2D eigenvalue weighted by atomic mass is 31.2. The molecule has 4 rings (SSSR count). The smallest absolute Gasteiger partial charge is 0.404 e. The molecule has 4 atom stereocenters. The fourth-order valence-electron chi connectivity index (χ4n) is 3.73. The molecule has 0 aliphatic carbocycles. The van der Waals surface area contributed by atoms with Gasteiger partial charge in [-0.25, -0.2) is 19.5 Å². The summed E-state index contributed by atoms with van der Waals surface area (Å²) in [6, 6.07) is 3.08. The Labute approximate surface area is 187 Å². The summed E-state index contributed by atoms with van der Waals surface area (Å²) in [6.07, 6.45) is -1.77. The molecule has 6 N–H and O–H groups in total. The van der Waals surface area contributed by atoms with Gasteiger partial charge in [-0.1, -0.05) is 0 Å². The van der Waals surface area contributed by atoms with Crippen molar-refractivity contribution in [2.24, 2.45) is 0 Å². The largest absolute Gasteiger partial charge is 0.524 e. The van der Waals surface area contributed by atoms with Gasteiger partial charge in [-0.2, -0.15) is 0 Å². The van der Waals surface area contributed by atoms with Gasteiger partial charge >= 0.3 is 7.82 Å². The predicted octanol–water partition coefficient (Wildman–Crippen LogP) is 0.138. The zero-order chi connectivity index (χ0) is 23.9. The molecule has 0 radical (unpaired) electrons. The number of aliphatic hydroxyl groups excluding tert-OH is 3. The number of aryl methyl sites for hydroxylation is 1. The minimum absolute atomic E-state index is 0.0460. The average Bonchev–Trinajstić information content (AvgIpc) is 3.30. The van der Waals surface area contributed by atoms with E-state index in [4.69, 9.17) is 19.0 Å². The van der Waals surface area contributed by atoms with Crippen LogP contribution in [0, 0.1) is 13.8 Å². The van der Waals surface area contributed by atoms with Crippen molar-refractivity contribution < 1.29 is 38.9 Å². The van der Waals surface area contributed by atoms with Crippen LogP contribution in [0.25, 0.3) is 11.2 Å².